The lowest BCUT2D eigenvalue weighted by Crippen LogP contribution is -2.48. The van der Waals surface area contributed by atoms with Gasteiger partial charge in [-0.05, 0) is 73.9 Å². The van der Waals surface area contributed by atoms with Crippen molar-refractivity contribution in [3.8, 4) is 0 Å². The summed E-state index contributed by atoms with van der Waals surface area (Å²) in [5, 5.41) is 2.90. The van der Waals surface area contributed by atoms with Gasteiger partial charge in [-0.1, -0.05) is 38.1 Å². The molecule has 0 aromatic heterocycles. The minimum atomic E-state index is -3.53. The molecule has 1 aliphatic rings. The van der Waals surface area contributed by atoms with Crippen LogP contribution in [0.25, 0.3) is 0 Å². The molecule has 36 heavy (non-hydrogen) atoms. The predicted molar refractivity (Wildman–Crippen MR) is 137 cm³/mol. The fourth-order valence-electron chi connectivity index (χ4n) is 3.72. The summed E-state index contributed by atoms with van der Waals surface area (Å²) in [5.41, 5.74) is 1.55. The maximum absolute atomic E-state index is 13.4. The van der Waals surface area contributed by atoms with Crippen LogP contribution in [0.2, 0.25) is 0 Å². The SMILES string of the molecule is CC(C)CCNC(=O)C(C)N(Cc1ccc(F)cc1)C(=O)CCc1ccc(S(=O)(=O)NC2CC2)cc1. The highest BCUT2D eigenvalue weighted by atomic mass is 32.2. The van der Waals surface area contributed by atoms with E-state index in [2.05, 4.69) is 23.9 Å². The monoisotopic (exact) mass is 517 g/mol. The molecular formula is C27H36FN3O4S. The molecule has 196 valence electrons. The summed E-state index contributed by atoms with van der Waals surface area (Å²) in [6.45, 7) is 6.56. The predicted octanol–water partition coefficient (Wildman–Crippen LogP) is 3.78. The van der Waals surface area contributed by atoms with Crippen molar-refractivity contribution in [1.29, 1.82) is 0 Å². The molecule has 1 unspecified atom stereocenters. The summed E-state index contributed by atoms with van der Waals surface area (Å²) in [5.74, 6) is -0.362. The summed E-state index contributed by atoms with van der Waals surface area (Å²) in [6.07, 6.45) is 3.12. The molecule has 2 aromatic rings. The van der Waals surface area contributed by atoms with Crippen molar-refractivity contribution < 1.29 is 22.4 Å². The van der Waals surface area contributed by atoms with E-state index >= 15 is 0 Å². The van der Waals surface area contributed by atoms with Crippen LogP contribution in [0.15, 0.2) is 53.4 Å². The summed E-state index contributed by atoms with van der Waals surface area (Å²) in [6, 6.07) is 11.7. The highest BCUT2D eigenvalue weighted by Crippen LogP contribution is 2.22. The van der Waals surface area contributed by atoms with Crippen LogP contribution in [0.1, 0.15) is 57.6 Å². The van der Waals surface area contributed by atoms with Crippen LogP contribution in [0, 0.1) is 11.7 Å². The van der Waals surface area contributed by atoms with Crippen molar-refractivity contribution in [2.45, 2.75) is 76.4 Å². The Bertz CT molecular complexity index is 1130. The lowest BCUT2D eigenvalue weighted by molar-refractivity contribution is -0.140. The molecule has 2 N–H and O–H groups in total. The van der Waals surface area contributed by atoms with E-state index in [-0.39, 0.29) is 41.5 Å². The van der Waals surface area contributed by atoms with Gasteiger partial charge in [-0.2, -0.15) is 0 Å². The number of aryl methyl sites for hydroxylation is 1. The first kappa shape index (κ1) is 27.8. The van der Waals surface area contributed by atoms with Gasteiger partial charge in [0, 0.05) is 25.6 Å². The van der Waals surface area contributed by atoms with E-state index in [4.69, 9.17) is 0 Å². The minimum absolute atomic E-state index is 0.0314. The number of nitrogens with one attached hydrogen (secondary N) is 2. The van der Waals surface area contributed by atoms with Gasteiger partial charge in [0.15, 0.2) is 0 Å². The molecule has 0 spiro atoms. The fourth-order valence-corrected chi connectivity index (χ4v) is 5.02. The summed E-state index contributed by atoms with van der Waals surface area (Å²) in [4.78, 5) is 27.7. The zero-order valence-electron chi connectivity index (χ0n) is 21.2. The van der Waals surface area contributed by atoms with Crippen LogP contribution in [0.3, 0.4) is 0 Å². The summed E-state index contributed by atoms with van der Waals surface area (Å²) in [7, 11) is -3.53. The highest BCUT2D eigenvalue weighted by Gasteiger charge is 2.28. The number of carbonyl (C=O) groups is 2. The van der Waals surface area contributed by atoms with E-state index in [1.165, 1.54) is 17.0 Å². The summed E-state index contributed by atoms with van der Waals surface area (Å²) < 4.78 is 40.7. The Morgan fingerprint density at radius 1 is 1.00 bits per heavy atom. The van der Waals surface area contributed by atoms with Gasteiger partial charge in [0.05, 0.1) is 4.90 Å². The molecule has 1 atom stereocenters. The van der Waals surface area contributed by atoms with Crippen molar-refractivity contribution >= 4 is 21.8 Å². The van der Waals surface area contributed by atoms with E-state index in [9.17, 15) is 22.4 Å². The van der Waals surface area contributed by atoms with Crippen molar-refractivity contribution in [3.05, 3.63) is 65.5 Å². The third-order valence-electron chi connectivity index (χ3n) is 6.21. The van der Waals surface area contributed by atoms with Crippen LogP contribution in [-0.2, 0) is 32.6 Å². The van der Waals surface area contributed by atoms with Crippen LogP contribution in [0.4, 0.5) is 4.39 Å². The Kier molecular flexibility index (Phi) is 9.62. The van der Waals surface area contributed by atoms with Crippen molar-refractivity contribution in [2.24, 2.45) is 5.92 Å². The fraction of sp³-hybridized carbons (Fsp3) is 0.481. The minimum Gasteiger partial charge on any atom is -0.354 e. The quantitative estimate of drug-likeness (QED) is 0.423. The smallest absolute Gasteiger partial charge is 0.242 e. The number of carbonyl (C=O) groups excluding carboxylic acids is 2. The van der Waals surface area contributed by atoms with E-state index in [0.717, 1.165) is 30.4 Å². The third-order valence-corrected chi connectivity index (χ3v) is 7.75. The molecule has 9 heteroatoms. The number of hydrogen-bond acceptors (Lipinski definition) is 4. The van der Waals surface area contributed by atoms with Gasteiger partial charge in [0.2, 0.25) is 21.8 Å². The maximum Gasteiger partial charge on any atom is 0.242 e. The Hall–Kier alpha value is -2.78. The molecular weight excluding hydrogens is 481 g/mol. The molecule has 0 aliphatic heterocycles. The largest absolute Gasteiger partial charge is 0.354 e. The summed E-state index contributed by atoms with van der Waals surface area (Å²) >= 11 is 0. The molecule has 0 saturated heterocycles. The second-order valence-electron chi connectivity index (χ2n) is 9.84. The Morgan fingerprint density at radius 3 is 2.19 bits per heavy atom. The van der Waals surface area contributed by atoms with Crippen molar-refractivity contribution in [1.82, 2.24) is 14.9 Å². The average Bonchev–Trinajstić information content (AvgIpc) is 3.65. The van der Waals surface area contributed by atoms with Gasteiger partial charge < -0.3 is 10.2 Å². The van der Waals surface area contributed by atoms with Gasteiger partial charge in [-0.25, -0.2) is 17.5 Å². The molecule has 1 saturated carbocycles. The first-order chi connectivity index (χ1) is 17.0. The maximum atomic E-state index is 13.4. The zero-order valence-corrected chi connectivity index (χ0v) is 22.0. The van der Waals surface area contributed by atoms with E-state index in [1.54, 1.807) is 43.3 Å². The lowest BCUT2D eigenvalue weighted by atomic mass is 10.1. The molecule has 7 nitrogen and oxygen atoms in total. The molecule has 2 aromatic carbocycles. The molecule has 0 bridgehead atoms. The van der Waals surface area contributed by atoms with Crippen LogP contribution >= 0.6 is 0 Å². The molecule has 1 fully saturated rings. The van der Waals surface area contributed by atoms with E-state index < -0.39 is 16.1 Å². The van der Waals surface area contributed by atoms with Gasteiger partial charge in [-0.3, -0.25) is 9.59 Å². The molecule has 3 rings (SSSR count). The molecule has 2 amide bonds. The molecule has 0 radical (unpaired) electrons. The van der Waals surface area contributed by atoms with Crippen molar-refractivity contribution in [2.75, 3.05) is 6.54 Å². The standard InChI is InChI=1S/C27H36FN3O4S/c1-19(2)16-17-29-27(33)20(3)31(18-22-4-9-23(28)10-5-22)26(32)15-8-21-6-13-25(14-7-21)36(34,35)30-24-11-12-24/h4-7,9-10,13-14,19-20,24,30H,8,11-12,15-18H2,1-3H3,(H,29,33). The Morgan fingerprint density at radius 2 is 1.61 bits per heavy atom. The van der Waals surface area contributed by atoms with E-state index in [0.29, 0.717) is 18.9 Å². The zero-order chi connectivity index (χ0) is 26.3. The van der Waals surface area contributed by atoms with Gasteiger partial charge >= 0.3 is 0 Å². The first-order valence-corrected chi connectivity index (χ1v) is 14.0. The second-order valence-corrected chi connectivity index (χ2v) is 11.6. The molecule has 1 aliphatic carbocycles. The first-order valence-electron chi connectivity index (χ1n) is 12.5. The van der Waals surface area contributed by atoms with Crippen LogP contribution in [-0.4, -0.2) is 43.8 Å². The number of rotatable bonds is 13. The second kappa shape index (κ2) is 12.5. The van der Waals surface area contributed by atoms with Crippen LogP contribution < -0.4 is 10.0 Å². The lowest BCUT2D eigenvalue weighted by Gasteiger charge is -2.29. The number of nitrogens with zero attached hydrogens (tertiary/aromatic N) is 1. The van der Waals surface area contributed by atoms with E-state index in [1.807, 2.05) is 0 Å². The highest BCUT2D eigenvalue weighted by molar-refractivity contribution is 7.89. The number of benzene rings is 2. The van der Waals surface area contributed by atoms with Crippen molar-refractivity contribution in [3.63, 3.8) is 0 Å². The average molecular weight is 518 g/mol. The number of halogens is 1. The number of hydrogen-bond donors (Lipinski definition) is 2. The molecule has 0 heterocycles. The number of amides is 2. The van der Waals surface area contributed by atoms with Gasteiger partial charge in [0.25, 0.3) is 0 Å². The normalized spacial score (nSPS) is 14.5. The Balaban J connectivity index is 1.65. The van der Waals surface area contributed by atoms with Gasteiger partial charge in [0.1, 0.15) is 11.9 Å². The van der Waals surface area contributed by atoms with Crippen LogP contribution in [0.5, 0.6) is 0 Å². The topological polar surface area (TPSA) is 95.6 Å². The number of sulfonamides is 1. The third kappa shape index (κ3) is 8.41. The Labute approximate surface area is 213 Å². The van der Waals surface area contributed by atoms with Gasteiger partial charge in [-0.15, -0.1) is 0 Å².